The van der Waals surface area contributed by atoms with E-state index in [-0.39, 0.29) is 17.8 Å². The van der Waals surface area contributed by atoms with Crippen molar-refractivity contribution in [2.24, 2.45) is 5.92 Å². The molecule has 0 spiro atoms. The lowest BCUT2D eigenvalue weighted by Crippen LogP contribution is -2.35. The molecule has 1 aliphatic heterocycles. The number of ketones is 1. The fourth-order valence-electron chi connectivity index (χ4n) is 4.06. The van der Waals surface area contributed by atoms with Crippen molar-refractivity contribution in [3.63, 3.8) is 0 Å². The second kappa shape index (κ2) is 8.74. The molecule has 32 heavy (non-hydrogen) atoms. The molecular weight excluding hydrogens is 406 g/mol. The van der Waals surface area contributed by atoms with Crippen LogP contribution in [0.1, 0.15) is 25.7 Å². The number of hydrogen-bond acceptors (Lipinski definition) is 8. The number of likely N-dealkylation sites (tertiary alicyclic amines) is 1. The minimum absolute atomic E-state index is 0.197. The van der Waals surface area contributed by atoms with Gasteiger partial charge in [-0.25, -0.2) is 4.98 Å². The zero-order valence-electron chi connectivity index (χ0n) is 18.5. The van der Waals surface area contributed by atoms with Crippen LogP contribution in [-0.2, 0) is 11.3 Å². The van der Waals surface area contributed by atoms with Gasteiger partial charge < -0.3 is 24.8 Å². The molecule has 168 valence electrons. The van der Waals surface area contributed by atoms with E-state index < -0.39 is 0 Å². The van der Waals surface area contributed by atoms with Gasteiger partial charge in [-0.1, -0.05) is 6.07 Å². The summed E-state index contributed by atoms with van der Waals surface area (Å²) in [5, 5.41) is 6.37. The highest BCUT2D eigenvalue weighted by Gasteiger charge is 2.30. The smallest absolute Gasteiger partial charge is 0.231 e. The summed E-state index contributed by atoms with van der Waals surface area (Å²) in [6.07, 6.45) is 5.95. The first-order chi connectivity index (χ1) is 15.6. The van der Waals surface area contributed by atoms with Gasteiger partial charge in [0.05, 0.1) is 12.9 Å². The van der Waals surface area contributed by atoms with Crippen molar-refractivity contribution in [3.8, 4) is 5.75 Å². The zero-order chi connectivity index (χ0) is 22.1. The molecule has 0 bridgehead atoms. The van der Waals surface area contributed by atoms with Crippen LogP contribution in [0, 0.1) is 5.92 Å². The zero-order valence-corrected chi connectivity index (χ0v) is 18.5. The highest BCUT2D eigenvalue weighted by Crippen LogP contribution is 2.31. The molecule has 5 rings (SSSR count). The van der Waals surface area contributed by atoms with E-state index in [1.807, 2.05) is 28.8 Å². The minimum atomic E-state index is 0.197. The molecule has 1 saturated carbocycles. The largest absolute Gasteiger partial charge is 0.490 e. The van der Waals surface area contributed by atoms with Gasteiger partial charge in [0.1, 0.15) is 11.9 Å². The number of hydrogen-bond donors (Lipinski definition) is 2. The molecule has 2 fully saturated rings. The number of nitrogens with one attached hydrogen (secondary N) is 2. The van der Waals surface area contributed by atoms with Crippen LogP contribution in [0.2, 0.25) is 0 Å². The number of benzene rings is 1. The molecule has 1 aromatic carbocycles. The fourth-order valence-corrected chi connectivity index (χ4v) is 4.06. The number of nitrogens with zero attached hydrogens (tertiary/aromatic N) is 5. The molecular formula is C23H29N7O2. The summed E-state index contributed by atoms with van der Waals surface area (Å²) < 4.78 is 8.01. The van der Waals surface area contributed by atoms with Crippen molar-refractivity contribution in [2.75, 3.05) is 37.8 Å². The molecule has 1 saturated heterocycles. The normalized spacial score (nSPS) is 17.4. The second-order valence-corrected chi connectivity index (χ2v) is 8.70. The van der Waals surface area contributed by atoms with Crippen LogP contribution in [-0.4, -0.2) is 63.5 Å². The van der Waals surface area contributed by atoms with Gasteiger partial charge in [0.15, 0.2) is 22.8 Å². The summed E-state index contributed by atoms with van der Waals surface area (Å²) in [5.74, 6) is 2.33. The van der Waals surface area contributed by atoms with Crippen molar-refractivity contribution >= 4 is 34.4 Å². The Kier molecular flexibility index (Phi) is 5.65. The third-order valence-electron chi connectivity index (χ3n) is 6.12. The molecule has 9 nitrogen and oxygen atoms in total. The third kappa shape index (κ3) is 4.52. The molecule has 3 heterocycles. The molecule has 2 N–H and O–H groups in total. The Morgan fingerprint density at radius 3 is 2.75 bits per heavy atom. The number of rotatable bonds is 8. The standard InChI is InChI=1S/C23H29N7O2/c1-24-21-20-22(30(14-25-20)13-19(31)15-6-7-15)28-23(27-21)26-16-4-3-5-18(12-16)32-17-8-10-29(2)11-9-17/h3-5,12,14-15,17H,6-11,13H2,1-2H3,(H2,24,26,27,28). The van der Waals surface area contributed by atoms with Gasteiger partial charge in [-0.3, -0.25) is 4.79 Å². The summed E-state index contributed by atoms with van der Waals surface area (Å²) in [4.78, 5) is 28.3. The van der Waals surface area contributed by atoms with E-state index in [1.165, 1.54) is 0 Å². The van der Waals surface area contributed by atoms with E-state index >= 15 is 0 Å². The highest BCUT2D eigenvalue weighted by molar-refractivity contribution is 5.88. The molecule has 9 heteroatoms. The van der Waals surface area contributed by atoms with Crippen molar-refractivity contribution in [3.05, 3.63) is 30.6 Å². The number of ether oxygens (including phenoxy) is 1. The summed E-state index contributed by atoms with van der Waals surface area (Å²) in [5.41, 5.74) is 2.14. The quantitative estimate of drug-likeness (QED) is 0.557. The number of aromatic nitrogens is 4. The number of piperidine rings is 1. The Labute approximate surface area is 187 Å². The lowest BCUT2D eigenvalue weighted by molar-refractivity contribution is -0.120. The first-order valence-corrected chi connectivity index (χ1v) is 11.2. The van der Waals surface area contributed by atoms with Gasteiger partial charge in [0.2, 0.25) is 5.95 Å². The van der Waals surface area contributed by atoms with Crippen molar-refractivity contribution < 1.29 is 9.53 Å². The molecule has 2 aromatic heterocycles. The first kappa shape index (κ1) is 20.7. The van der Waals surface area contributed by atoms with Crippen molar-refractivity contribution in [1.82, 2.24) is 24.4 Å². The van der Waals surface area contributed by atoms with E-state index in [1.54, 1.807) is 13.4 Å². The third-order valence-corrected chi connectivity index (χ3v) is 6.12. The van der Waals surface area contributed by atoms with Gasteiger partial charge in [-0.2, -0.15) is 9.97 Å². The van der Waals surface area contributed by atoms with Crippen LogP contribution >= 0.6 is 0 Å². The monoisotopic (exact) mass is 435 g/mol. The topological polar surface area (TPSA) is 97.2 Å². The van der Waals surface area contributed by atoms with Gasteiger partial charge in [-0.15, -0.1) is 0 Å². The highest BCUT2D eigenvalue weighted by atomic mass is 16.5. The summed E-state index contributed by atoms with van der Waals surface area (Å²) in [6.45, 7) is 2.40. The van der Waals surface area contributed by atoms with E-state index in [4.69, 9.17) is 4.74 Å². The predicted octanol–water partition coefficient (Wildman–Crippen LogP) is 3.06. The van der Waals surface area contributed by atoms with E-state index in [9.17, 15) is 4.79 Å². The van der Waals surface area contributed by atoms with Crippen LogP contribution in [0.4, 0.5) is 17.5 Å². The predicted molar refractivity (Wildman–Crippen MR) is 123 cm³/mol. The maximum atomic E-state index is 12.3. The average molecular weight is 436 g/mol. The minimum Gasteiger partial charge on any atom is -0.490 e. The van der Waals surface area contributed by atoms with Gasteiger partial charge in [0.25, 0.3) is 0 Å². The summed E-state index contributed by atoms with van der Waals surface area (Å²) in [6, 6.07) is 7.87. The Morgan fingerprint density at radius 1 is 1.19 bits per heavy atom. The molecule has 0 atom stereocenters. The molecule has 1 aliphatic carbocycles. The molecule has 0 amide bonds. The fraction of sp³-hybridized carbons (Fsp3) is 0.478. The van der Waals surface area contributed by atoms with Crippen LogP contribution in [0.5, 0.6) is 5.75 Å². The Bertz CT molecular complexity index is 1120. The van der Waals surface area contributed by atoms with E-state index in [0.29, 0.717) is 29.5 Å². The summed E-state index contributed by atoms with van der Waals surface area (Å²) in [7, 11) is 3.95. The van der Waals surface area contributed by atoms with Gasteiger partial charge in [0, 0.05) is 37.8 Å². The first-order valence-electron chi connectivity index (χ1n) is 11.2. The maximum Gasteiger partial charge on any atom is 0.231 e. The SMILES string of the molecule is CNc1nc(Nc2cccc(OC3CCN(C)CC3)c2)nc2c1ncn2CC(=O)C1CC1. The van der Waals surface area contributed by atoms with Gasteiger partial charge >= 0.3 is 0 Å². The Hall–Kier alpha value is -3.20. The van der Waals surface area contributed by atoms with E-state index in [2.05, 4.69) is 37.5 Å². The Morgan fingerprint density at radius 2 is 2.00 bits per heavy atom. The second-order valence-electron chi connectivity index (χ2n) is 8.70. The number of anilines is 3. The summed E-state index contributed by atoms with van der Waals surface area (Å²) >= 11 is 0. The number of fused-ring (bicyclic) bond motifs is 1. The van der Waals surface area contributed by atoms with Crippen molar-refractivity contribution in [2.45, 2.75) is 38.3 Å². The lowest BCUT2D eigenvalue weighted by Gasteiger charge is -2.29. The van der Waals surface area contributed by atoms with Crippen LogP contribution in [0.15, 0.2) is 30.6 Å². The number of carbonyl (C=O) groups excluding carboxylic acids is 1. The molecule has 3 aromatic rings. The van der Waals surface area contributed by atoms with Crippen LogP contribution in [0.3, 0.4) is 0 Å². The van der Waals surface area contributed by atoms with Crippen LogP contribution < -0.4 is 15.4 Å². The molecule has 2 aliphatic rings. The molecule has 0 radical (unpaired) electrons. The Balaban J connectivity index is 1.35. The van der Waals surface area contributed by atoms with Crippen molar-refractivity contribution in [1.29, 1.82) is 0 Å². The molecule has 0 unspecified atom stereocenters. The number of Topliss-reactive ketones (excluding diaryl/α,β-unsaturated/α-hetero) is 1. The maximum absolute atomic E-state index is 12.3. The van der Waals surface area contributed by atoms with Gasteiger partial charge in [-0.05, 0) is 44.9 Å². The lowest BCUT2D eigenvalue weighted by atomic mass is 10.1. The average Bonchev–Trinajstić information content (AvgIpc) is 3.58. The van der Waals surface area contributed by atoms with Crippen LogP contribution in [0.25, 0.3) is 11.2 Å². The number of carbonyl (C=O) groups is 1. The number of imidazole rings is 1. The van der Waals surface area contributed by atoms with E-state index in [0.717, 1.165) is 50.2 Å².